The summed E-state index contributed by atoms with van der Waals surface area (Å²) < 4.78 is 16.6. The second kappa shape index (κ2) is 11.5. The van der Waals surface area contributed by atoms with E-state index in [-0.39, 0.29) is 29.4 Å². The predicted octanol–water partition coefficient (Wildman–Crippen LogP) is 2.95. The first-order chi connectivity index (χ1) is 12.1. The SMILES string of the molecule is CCOCCCNC(=NC)NCC(C)(C)c1ccc2c(c1)OCCO2.I. The van der Waals surface area contributed by atoms with Crippen molar-refractivity contribution in [3.63, 3.8) is 0 Å². The highest BCUT2D eigenvalue weighted by atomic mass is 127. The van der Waals surface area contributed by atoms with Gasteiger partial charge in [0.05, 0.1) is 0 Å². The molecule has 0 fully saturated rings. The predicted molar refractivity (Wildman–Crippen MR) is 116 cm³/mol. The van der Waals surface area contributed by atoms with Crippen molar-refractivity contribution in [2.75, 3.05) is 46.6 Å². The highest BCUT2D eigenvalue weighted by Gasteiger charge is 2.23. The molecule has 0 bridgehead atoms. The maximum absolute atomic E-state index is 5.70. The van der Waals surface area contributed by atoms with Crippen LogP contribution in [0.4, 0.5) is 0 Å². The lowest BCUT2D eigenvalue weighted by Crippen LogP contribution is -2.43. The fourth-order valence-corrected chi connectivity index (χ4v) is 2.62. The summed E-state index contributed by atoms with van der Waals surface area (Å²) in [5.41, 5.74) is 1.13. The van der Waals surface area contributed by atoms with E-state index in [2.05, 4.69) is 41.6 Å². The summed E-state index contributed by atoms with van der Waals surface area (Å²) >= 11 is 0. The van der Waals surface area contributed by atoms with E-state index < -0.39 is 0 Å². The van der Waals surface area contributed by atoms with Gasteiger partial charge in [0.25, 0.3) is 0 Å². The van der Waals surface area contributed by atoms with Gasteiger partial charge in [-0.05, 0) is 31.0 Å². The van der Waals surface area contributed by atoms with E-state index in [1.807, 2.05) is 13.0 Å². The third-order valence-corrected chi connectivity index (χ3v) is 4.21. The second-order valence-electron chi connectivity index (χ2n) is 6.65. The second-order valence-corrected chi connectivity index (χ2v) is 6.65. The number of hydrogen-bond acceptors (Lipinski definition) is 4. The normalized spacial score (nSPS) is 13.8. The van der Waals surface area contributed by atoms with Crippen LogP contribution in [0.5, 0.6) is 11.5 Å². The molecule has 1 heterocycles. The zero-order valence-electron chi connectivity index (χ0n) is 16.3. The molecule has 0 saturated carbocycles. The largest absolute Gasteiger partial charge is 0.486 e. The van der Waals surface area contributed by atoms with Crippen molar-refractivity contribution >= 4 is 29.9 Å². The van der Waals surface area contributed by atoms with Crippen LogP contribution in [-0.2, 0) is 10.2 Å². The minimum atomic E-state index is -0.0707. The Bertz CT molecular complexity index is 579. The number of fused-ring (bicyclic) bond motifs is 1. The zero-order chi connectivity index (χ0) is 18.1. The molecule has 1 aliphatic rings. The molecule has 2 N–H and O–H groups in total. The molecule has 26 heavy (non-hydrogen) atoms. The fourth-order valence-electron chi connectivity index (χ4n) is 2.62. The molecule has 1 aromatic carbocycles. The minimum absolute atomic E-state index is 0. The number of rotatable bonds is 8. The van der Waals surface area contributed by atoms with Gasteiger partial charge in [0, 0.05) is 38.8 Å². The number of ether oxygens (including phenoxy) is 3. The van der Waals surface area contributed by atoms with E-state index >= 15 is 0 Å². The molecule has 6 nitrogen and oxygen atoms in total. The third kappa shape index (κ3) is 6.83. The average molecular weight is 477 g/mol. The molecule has 0 spiro atoms. The van der Waals surface area contributed by atoms with Gasteiger partial charge < -0.3 is 24.8 Å². The summed E-state index contributed by atoms with van der Waals surface area (Å²) in [4.78, 5) is 4.28. The van der Waals surface area contributed by atoms with Crippen LogP contribution in [0.25, 0.3) is 0 Å². The molecule has 0 saturated heterocycles. The summed E-state index contributed by atoms with van der Waals surface area (Å²) in [5.74, 6) is 2.46. The fraction of sp³-hybridized carbons (Fsp3) is 0.632. The molecule has 0 unspecified atom stereocenters. The number of benzene rings is 1. The van der Waals surface area contributed by atoms with Crippen molar-refractivity contribution in [1.82, 2.24) is 10.6 Å². The van der Waals surface area contributed by atoms with Gasteiger partial charge in [-0.15, -0.1) is 24.0 Å². The summed E-state index contributed by atoms with van der Waals surface area (Å²) in [6.45, 7) is 10.8. The van der Waals surface area contributed by atoms with E-state index in [0.717, 1.165) is 50.2 Å². The highest BCUT2D eigenvalue weighted by molar-refractivity contribution is 14.0. The monoisotopic (exact) mass is 477 g/mol. The van der Waals surface area contributed by atoms with E-state index in [1.165, 1.54) is 5.56 Å². The van der Waals surface area contributed by atoms with Gasteiger partial charge in [-0.25, -0.2) is 0 Å². The molecule has 0 aliphatic carbocycles. The lowest BCUT2D eigenvalue weighted by molar-refractivity contribution is 0.145. The summed E-state index contributed by atoms with van der Waals surface area (Å²) in [6, 6.07) is 6.17. The van der Waals surface area contributed by atoms with Crippen LogP contribution in [0, 0.1) is 0 Å². The summed E-state index contributed by atoms with van der Waals surface area (Å²) in [7, 11) is 1.79. The molecule has 7 heteroatoms. The molecular weight excluding hydrogens is 445 g/mol. The molecule has 0 atom stereocenters. The van der Waals surface area contributed by atoms with Crippen molar-refractivity contribution in [2.24, 2.45) is 4.99 Å². The molecule has 0 radical (unpaired) electrons. The van der Waals surface area contributed by atoms with Crippen molar-refractivity contribution in [3.8, 4) is 11.5 Å². The molecule has 0 aromatic heterocycles. The van der Waals surface area contributed by atoms with Crippen molar-refractivity contribution < 1.29 is 14.2 Å². The van der Waals surface area contributed by atoms with Gasteiger partial charge in [-0.1, -0.05) is 19.9 Å². The van der Waals surface area contributed by atoms with E-state index in [0.29, 0.717) is 13.2 Å². The van der Waals surface area contributed by atoms with E-state index in [1.54, 1.807) is 7.05 Å². The molecule has 1 aliphatic heterocycles. The van der Waals surface area contributed by atoms with Crippen LogP contribution >= 0.6 is 24.0 Å². The number of nitrogens with zero attached hydrogens (tertiary/aromatic N) is 1. The van der Waals surface area contributed by atoms with E-state index in [9.17, 15) is 0 Å². The summed E-state index contributed by atoms with van der Waals surface area (Å²) in [5, 5.41) is 6.72. The van der Waals surface area contributed by atoms with Crippen LogP contribution in [-0.4, -0.2) is 52.5 Å². The molecule has 0 amide bonds. The van der Waals surface area contributed by atoms with Gasteiger partial charge in [-0.2, -0.15) is 0 Å². The zero-order valence-corrected chi connectivity index (χ0v) is 18.6. The number of guanidine groups is 1. The molecule has 2 rings (SSSR count). The maximum atomic E-state index is 5.70. The average Bonchev–Trinajstić information content (AvgIpc) is 2.63. The van der Waals surface area contributed by atoms with Crippen molar-refractivity contribution in [3.05, 3.63) is 23.8 Å². The minimum Gasteiger partial charge on any atom is -0.486 e. The summed E-state index contributed by atoms with van der Waals surface area (Å²) in [6.07, 6.45) is 0.958. The standard InChI is InChI=1S/C19H31N3O3.HI/c1-5-23-10-6-9-21-18(20-4)22-14-19(2,3)15-7-8-16-17(13-15)25-12-11-24-16;/h7-8,13H,5-6,9-12,14H2,1-4H3,(H2,20,21,22);1H. The van der Waals surface area contributed by atoms with Gasteiger partial charge in [0.15, 0.2) is 17.5 Å². The Morgan fingerprint density at radius 1 is 1.19 bits per heavy atom. The number of nitrogens with one attached hydrogen (secondary N) is 2. The van der Waals surface area contributed by atoms with Crippen LogP contribution in [0.3, 0.4) is 0 Å². The van der Waals surface area contributed by atoms with Crippen LogP contribution in [0.1, 0.15) is 32.8 Å². The lowest BCUT2D eigenvalue weighted by atomic mass is 9.84. The van der Waals surface area contributed by atoms with Crippen molar-refractivity contribution in [1.29, 1.82) is 0 Å². The lowest BCUT2D eigenvalue weighted by Gasteiger charge is -2.28. The van der Waals surface area contributed by atoms with Crippen LogP contribution in [0.15, 0.2) is 23.2 Å². The highest BCUT2D eigenvalue weighted by Crippen LogP contribution is 2.34. The van der Waals surface area contributed by atoms with Gasteiger partial charge in [0.2, 0.25) is 0 Å². The molecule has 1 aromatic rings. The number of aliphatic imine (C=N–C) groups is 1. The quantitative estimate of drug-likeness (QED) is 0.261. The van der Waals surface area contributed by atoms with Crippen molar-refractivity contribution in [2.45, 2.75) is 32.6 Å². The first-order valence-electron chi connectivity index (χ1n) is 8.99. The Morgan fingerprint density at radius 2 is 1.92 bits per heavy atom. The third-order valence-electron chi connectivity index (χ3n) is 4.21. The first-order valence-corrected chi connectivity index (χ1v) is 8.99. The Balaban J connectivity index is 0.00000338. The number of hydrogen-bond donors (Lipinski definition) is 2. The topological polar surface area (TPSA) is 64.1 Å². The van der Waals surface area contributed by atoms with Gasteiger partial charge in [0.1, 0.15) is 13.2 Å². The Kier molecular flexibility index (Phi) is 10.1. The maximum Gasteiger partial charge on any atom is 0.191 e. The van der Waals surface area contributed by atoms with Gasteiger partial charge >= 0.3 is 0 Å². The molecular formula is C19H32IN3O3. The first kappa shape index (κ1) is 22.8. The Morgan fingerprint density at radius 3 is 2.62 bits per heavy atom. The number of halogens is 1. The smallest absolute Gasteiger partial charge is 0.191 e. The van der Waals surface area contributed by atoms with Crippen LogP contribution in [0.2, 0.25) is 0 Å². The Labute approximate surface area is 174 Å². The van der Waals surface area contributed by atoms with Crippen LogP contribution < -0.4 is 20.1 Å². The molecule has 148 valence electrons. The van der Waals surface area contributed by atoms with Gasteiger partial charge in [-0.3, -0.25) is 4.99 Å². The van der Waals surface area contributed by atoms with E-state index in [4.69, 9.17) is 14.2 Å². The Hall–Kier alpha value is -1.22.